The van der Waals surface area contributed by atoms with Crippen molar-refractivity contribution in [3.8, 4) is 0 Å². The largest absolute Gasteiger partial charge is 0.398 e. The molecule has 7 heteroatoms. The quantitative estimate of drug-likeness (QED) is 0.839. The fourth-order valence-corrected chi connectivity index (χ4v) is 5.61. The topological polar surface area (TPSA) is 78.6 Å². The molecule has 3 rings (SSSR count). The molecule has 21 heavy (non-hydrogen) atoms. The maximum absolute atomic E-state index is 12.9. The van der Waals surface area contributed by atoms with Gasteiger partial charge in [0, 0.05) is 19.6 Å². The molecule has 2 saturated heterocycles. The van der Waals surface area contributed by atoms with Gasteiger partial charge in [0.05, 0.1) is 28.2 Å². The summed E-state index contributed by atoms with van der Waals surface area (Å²) in [6, 6.07) is 4.76. The Morgan fingerprint density at radius 1 is 1.33 bits per heavy atom. The van der Waals surface area contributed by atoms with Crippen LogP contribution in [0.1, 0.15) is 19.3 Å². The van der Waals surface area contributed by atoms with Gasteiger partial charge in [0.15, 0.2) is 9.84 Å². The highest BCUT2D eigenvalue weighted by Crippen LogP contribution is 2.39. The molecule has 1 aromatic carbocycles. The molecule has 2 aliphatic heterocycles. The van der Waals surface area contributed by atoms with Crippen molar-refractivity contribution in [2.24, 2.45) is 0 Å². The zero-order valence-corrected chi connectivity index (χ0v) is 13.1. The Labute approximate surface area is 129 Å². The van der Waals surface area contributed by atoms with E-state index in [-0.39, 0.29) is 15.6 Å². The normalized spacial score (nSPS) is 29.9. The van der Waals surface area contributed by atoms with E-state index >= 15 is 0 Å². The van der Waals surface area contributed by atoms with Gasteiger partial charge in [-0.15, -0.1) is 0 Å². The van der Waals surface area contributed by atoms with Crippen LogP contribution in [0.3, 0.4) is 0 Å². The molecule has 2 unspecified atom stereocenters. The standard InChI is InChI=1S/C14H18ClNO4S/c15-11-2-1-3-12(16)13(11)21(17,18)10-4-6-20-14(8-10)5-7-19-9-14/h1-3,10H,4-9,16H2. The van der Waals surface area contributed by atoms with Gasteiger partial charge in [0.1, 0.15) is 4.90 Å². The van der Waals surface area contributed by atoms with Crippen LogP contribution in [0.4, 0.5) is 5.69 Å². The van der Waals surface area contributed by atoms with Gasteiger partial charge in [-0.1, -0.05) is 17.7 Å². The van der Waals surface area contributed by atoms with E-state index in [4.69, 9.17) is 26.8 Å². The second kappa shape index (κ2) is 5.43. The van der Waals surface area contributed by atoms with Gasteiger partial charge in [0.25, 0.3) is 0 Å². The van der Waals surface area contributed by atoms with E-state index in [1.54, 1.807) is 18.2 Å². The summed E-state index contributed by atoms with van der Waals surface area (Å²) < 4.78 is 37.0. The lowest BCUT2D eigenvalue weighted by molar-refractivity contribution is -0.0778. The minimum Gasteiger partial charge on any atom is -0.398 e. The van der Waals surface area contributed by atoms with Gasteiger partial charge in [0.2, 0.25) is 0 Å². The van der Waals surface area contributed by atoms with E-state index in [1.165, 1.54) is 0 Å². The summed E-state index contributed by atoms with van der Waals surface area (Å²) in [5.41, 5.74) is 5.57. The highest BCUT2D eigenvalue weighted by atomic mass is 35.5. The van der Waals surface area contributed by atoms with Crippen molar-refractivity contribution < 1.29 is 17.9 Å². The van der Waals surface area contributed by atoms with Gasteiger partial charge >= 0.3 is 0 Å². The van der Waals surface area contributed by atoms with E-state index < -0.39 is 20.7 Å². The van der Waals surface area contributed by atoms with Crippen molar-refractivity contribution >= 4 is 27.1 Å². The molecule has 0 amide bonds. The minimum atomic E-state index is -3.58. The van der Waals surface area contributed by atoms with Crippen molar-refractivity contribution in [2.75, 3.05) is 25.6 Å². The second-order valence-electron chi connectivity index (χ2n) is 5.65. The summed E-state index contributed by atoms with van der Waals surface area (Å²) >= 11 is 6.07. The van der Waals surface area contributed by atoms with Crippen LogP contribution in [0.15, 0.2) is 23.1 Å². The smallest absolute Gasteiger partial charge is 0.184 e. The number of anilines is 1. The lowest BCUT2D eigenvalue weighted by atomic mass is 9.93. The molecule has 2 atom stereocenters. The average Bonchev–Trinajstić information content (AvgIpc) is 2.86. The summed E-state index contributed by atoms with van der Waals surface area (Å²) in [4.78, 5) is 0.0487. The van der Waals surface area contributed by atoms with Gasteiger partial charge in [-0.2, -0.15) is 0 Å². The second-order valence-corrected chi connectivity index (χ2v) is 8.22. The molecule has 1 spiro atoms. The Morgan fingerprint density at radius 2 is 2.14 bits per heavy atom. The van der Waals surface area contributed by atoms with Crippen LogP contribution in [0, 0.1) is 0 Å². The number of nitrogens with two attached hydrogens (primary N) is 1. The Hall–Kier alpha value is -0.820. The van der Waals surface area contributed by atoms with Crippen LogP contribution in [0.25, 0.3) is 0 Å². The molecule has 0 aliphatic carbocycles. The Bertz CT molecular complexity index is 620. The summed E-state index contributed by atoms with van der Waals surface area (Å²) in [6.45, 7) is 1.48. The van der Waals surface area contributed by atoms with Crippen molar-refractivity contribution in [2.45, 2.75) is 35.0 Å². The van der Waals surface area contributed by atoms with E-state index in [1.807, 2.05) is 0 Å². The molecular weight excluding hydrogens is 314 g/mol. The predicted octanol–water partition coefficient (Wildman–Crippen LogP) is 2.03. The maximum Gasteiger partial charge on any atom is 0.184 e. The van der Waals surface area contributed by atoms with E-state index in [2.05, 4.69) is 0 Å². The Balaban J connectivity index is 1.95. The number of halogens is 1. The number of sulfone groups is 1. The monoisotopic (exact) mass is 331 g/mol. The van der Waals surface area contributed by atoms with Crippen LogP contribution in [0.5, 0.6) is 0 Å². The molecule has 0 radical (unpaired) electrons. The summed E-state index contributed by atoms with van der Waals surface area (Å²) in [6.07, 6.45) is 1.62. The lowest BCUT2D eigenvalue weighted by Gasteiger charge is -2.36. The number of nitrogen functional groups attached to an aromatic ring is 1. The van der Waals surface area contributed by atoms with Crippen molar-refractivity contribution in [3.05, 3.63) is 23.2 Å². The van der Waals surface area contributed by atoms with Crippen molar-refractivity contribution in [1.82, 2.24) is 0 Å². The third kappa shape index (κ3) is 2.65. The number of hydrogen-bond donors (Lipinski definition) is 1. The molecule has 2 N–H and O–H groups in total. The van der Waals surface area contributed by atoms with Crippen molar-refractivity contribution in [1.29, 1.82) is 0 Å². The molecule has 1 aromatic rings. The number of rotatable bonds is 2. The first-order chi connectivity index (χ1) is 9.95. The van der Waals surface area contributed by atoms with Crippen LogP contribution >= 0.6 is 11.6 Å². The zero-order chi connectivity index (χ0) is 15.1. The van der Waals surface area contributed by atoms with E-state index in [0.29, 0.717) is 32.7 Å². The first-order valence-corrected chi connectivity index (χ1v) is 8.87. The Kier molecular flexibility index (Phi) is 3.90. The number of ether oxygens (including phenoxy) is 2. The first kappa shape index (κ1) is 15.1. The molecule has 2 aliphatic rings. The van der Waals surface area contributed by atoms with E-state index in [9.17, 15) is 8.42 Å². The number of hydrogen-bond acceptors (Lipinski definition) is 5. The fraction of sp³-hybridized carbons (Fsp3) is 0.571. The van der Waals surface area contributed by atoms with Crippen molar-refractivity contribution in [3.63, 3.8) is 0 Å². The SMILES string of the molecule is Nc1cccc(Cl)c1S(=O)(=O)C1CCOC2(CCOC2)C1. The lowest BCUT2D eigenvalue weighted by Crippen LogP contribution is -2.45. The molecule has 0 aromatic heterocycles. The van der Waals surface area contributed by atoms with Gasteiger partial charge in [-0.25, -0.2) is 8.42 Å². The first-order valence-electron chi connectivity index (χ1n) is 6.94. The van der Waals surface area contributed by atoms with Gasteiger partial charge in [-0.05, 0) is 25.0 Å². The number of benzene rings is 1. The van der Waals surface area contributed by atoms with Crippen LogP contribution in [0.2, 0.25) is 5.02 Å². The van der Waals surface area contributed by atoms with Gasteiger partial charge < -0.3 is 15.2 Å². The third-order valence-corrected chi connectivity index (χ3v) is 6.97. The van der Waals surface area contributed by atoms with Crippen LogP contribution < -0.4 is 5.73 Å². The highest BCUT2D eigenvalue weighted by molar-refractivity contribution is 7.92. The fourth-order valence-electron chi connectivity index (χ4n) is 3.10. The molecular formula is C14H18ClNO4S. The molecule has 5 nitrogen and oxygen atoms in total. The van der Waals surface area contributed by atoms with Crippen LogP contribution in [-0.4, -0.2) is 39.1 Å². The van der Waals surface area contributed by atoms with E-state index in [0.717, 1.165) is 6.42 Å². The molecule has 116 valence electrons. The Morgan fingerprint density at radius 3 is 2.81 bits per heavy atom. The highest BCUT2D eigenvalue weighted by Gasteiger charge is 2.45. The molecule has 2 fully saturated rings. The minimum absolute atomic E-state index is 0.0487. The predicted molar refractivity (Wildman–Crippen MR) is 80.2 cm³/mol. The van der Waals surface area contributed by atoms with Crippen LogP contribution in [-0.2, 0) is 19.3 Å². The molecule has 2 heterocycles. The van der Waals surface area contributed by atoms with Gasteiger partial charge in [-0.3, -0.25) is 0 Å². The summed E-state index contributed by atoms with van der Waals surface area (Å²) in [5, 5.41) is -0.353. The molecule has 0 bridgehead atoms. The molecule has 0 saturated carbocycles. The zero-order valence-electron chi connectivity index (χ0n) is 11.5. The summed E-state index contributed by atoms with van der Waals surface area (Å²) in [7, 11) is -3.58. The average molecular weight is 332 g/mol. The third-order valence-electron chi connectivity index (χ3n) is 4.24. The summed E-state index contributed by atoms with van der Waals surface area (Å²) in [5.74, 6) is 0. The maximum atomic E-state index is 12.9.